The smallest absolute Gasteiger partial charge is 0.309 e. The molecule has 2 aromatic rings. The SMILES string of the molecule is CCOC(=O)C(CC)Cc1ccc(OC)c(C(=O)NCc2ccc(F)cc2)c1. The van der Waals surface area contributed by atoms with E-state index in [-0.39, 0.29) is 30.2 Å². The molecule has 2 aromatic carbocycles. The van der Waals surface area contributed by atoms with Crippen molar-refractivity contribution >= 4 is 11.9 Å². The second-order valence-corrected chi connectivity index (χ2v) is 6.41. The van der Waals surface area contributed by atoms with Crippen molar-refractivity contribution in [3.05, 3.63) is 65.0 Å². The van der Waals surface area contributed by atoms with E-state index in [4.69, 9.17) is 9.47 Å². The van der Waals surface area contributed by atoms with Crippen LogP contribution >= 0.6 is 0 Å². The number of carbonyl (C=O) groups excluding carboxylic acids is 2. The summed E-state index contributed by atoms with van der Waals surface area (Å²) >= 11 is 0. The lowest BCUT2D eigenvalue weighted by Crippen LogP contribution is -2.24. The Hall–Kier alpha value is -2.89. The van der Waals surface area contributed by atoms with Crippen LogP contribution in [0.15, 0.2) is 42.5 Å². The Bertz CT molecular complexity index is 805. The third-order valence-electron chi connectivity index (χ3n) is 4.47. The van der Waals surface area contributed by atoms with E-state index in [0.717, 1.165) is 11.1 Å². The molecule has 28 heavy (non-hydrogen) atoms. The molecule has 0 heterocycles. The minimum absolute atomic E-state index is 0.233. The number of benzene rings is 2. The molecular weight excluding hydrogens is 361 g/mol. The van der Waals surface area contributed by atoms with Gasteiger partial charge in [-0.1, -0.05) is 25.1 Å². The highest BCUT2D eigenvalue weighted by Gasteiger charge is 2.20. The summed E-state index contributed by atoms with van der Waals surface area (Å²) in [5.74, 6) is -0.667. The zero-order valence-electron chi connectivity index (χ0n) is 16.5. The van der Waals surface area contributed by atoms with Crippen molar-refractivity contribution in [2.45, 2.75) is 33.2 Å². The maximum Gasteiger partial charge on any atom is 0.309 e. The fraction of sp³-hybridized carbons (Fsp3) is 0.364. The van der Waals surface area contributed by atoms with Gasteiger partial charge in [-0.3, -0.25) is 9.59 Å². The maximum atomic E-state index is 13.0. The van der Waals surface area contributed by atoms with E-state index < -0.39 is 0 Å². The molecule has 0 spiro atoms. The van der Waals surface area contributed by atoms with Crippen LogP contribution in [0, 0.1) is 11.7 Å². The molecule has 150 valence electrons. The fourth-order valence-electron chi connectivity index (χ4n) is 2.88. The number of hydrogen-bond acceptors (Lipinski definition) is 4. The van der Waals surface area contributed by atoms with Crippen molar-refractivity contribution in [2.75, 3.05) is 13.7 Å². The Morgan fingerprint density at radius 2 is 1.75 bits per heavy atom. The van der Waals surface area contributed by atoms with Gasteiger partial charge in [-0.05, 0) is 55.2 Å². The zero-order chi connectivity index (χ0) is 20.5. The van der Waals surface area contributed by atoms with Crippen LogP contribution in [-0.4, -0.2) is 25.6 Å². The van der Waals surface area contributed by atoms with Gasteiger partial charge in [0, 0.05) is 6.54 Å². The number of ether oxygens (including phenoxy) is 2. The summed E-state index contributed by atoms with van der Waals surface area (Å²) in [5.41, 5.74) is 2.03. The molecule has 0 bridgehead atoms. The van der Waals surface area contributed by atoms with Gasteiger partial charge >= 0.3 is 5.97 Å². The van der Waals surface area contributed by atoms with Gasteiger partial charge in [0.2, 0.25) is 0 Å². The molecular formula is C22H26FNO4. The Balaban J connectivity index is 2.13. The lowest BCUT2D eigenvalue weighted by Gasteiger charge is -2.15. The van der Waals surface area contributed by atoms with Crippen LogP contribution in [0.25, 0.3) is 0 Å². The predicted molar refractivity (Wildman–Crippen MR) is 105 cm³/mol. The number of halogens is 1. The van der Waals surface area contributed by atoms with E-state index in [1.165, 1.54) is 19.2 Å². The molecule has 5 nitrogen and oxygen atoms in total. The van der Waals surface area contributed by atoms with Crippen LogP contribution in [0.1, 0.15) is 41.8 Å². The monoisotopic (exact) mass is 387 g/mol. The number of esters is 1. The van der Waals surface area contributed by atoms with Gasteiger partial charge in [0.15, 0.2) is 0 Å². The second kappa shape index (κ2) is 10.4. The van der Waals surface area contributed by atoms with Crippen molar-refractivity contribution in [2.24, 2.45) is 5.92 Å². The first kappa shape index (κ1) is 21.4. The summed E-state index contributed by atoms with van der Waals surface area (Å²) in [6.45, 7) is 4.32. The number of rotatable bonds is 9. The molecule has 6 heteroatoms. The molecule has 1 atom stereocenters. The van der Waals surface area contributed by atoms with Crippen molar-refractivity contribution in [3.63, 3.8) is 0 Å². The Morgan fingerprint density at radius 1 is 1.07 bits per heavy atom. The van der Waals surface area contributed by atoms with Crippen molar-refractivity contribution in [1.29, 1.82) is 0 Å². The molecule has 1 amide bonds. The average molecular weight is 387 g/mol. The highest BCUT2D eigenvalue weighted by Crippen LogP contribution is 2.23. The largest absolute Gasteiger partial charge is 0.496 e. The molecule has 1 N–H and O–H groups in total. The maximum absolute atomic E-state index is 13.0. The molecule has 1 unspecified atom stereocenters. The summed E-state index contributed by atoms with van der Waals surface area (Å²) < 4.78 is 23.4. The van der Waals surface area contributed by atoms with Crippen LogP contribution in [0.2, 0.25) is 0 Å². The van der Waals surface area contributed by atoms with Gasteiger partial charge in [0.25, 0.3) is 5.91 Å². The quantitative estimate of drug-likeness (QED) is 0.663. The third-order valence-corrected chi connectivity index (χ3v) is 4.47. The summed E-state index contributed by atoms with van der Waals surface area (Å²) in [4.78, 5) is 24.7. The third kappa shape index (κ3) is 5.81. The van der Waals surface area contributed by atoms with E-state index in [2.05, 4.69) is 5.32 Å². The lowest BCUT2D eigenvalue weighted by atomic mass is 9.95. The number of hydrogen-bond donors (Lipinski definition) is 1. The normalized spacial score (nSPS) is 11.6. The van der Waals surface area contributed by atoms with E-state index in [1.54, 1.807) is 31.2 Å². The standard InChI is InChI=1S/C22H26FNO4/c1-4-17(22(26)28-5-2)12-16-8-11-20(27-3)19(13-16)21(25)24-14-15-6-9-18(23)10-7-15/h6-11,13,17H,4-5,12,14H2,1-3H3,(H,24,25). The molecule has 0 radical (unpaired) electrons. The minimum Gasteiger partial charge on any atom is -0.496 e. The summed E-state index contributed by atoms with van der Waals surface area (Å²) in [6, 6.07) is 11.2. The molecule has 0 aliphatic rings. The van der Waals surface area contributed by atoms with E-state index in [0.29, 0.717) is 30.8 Å². The van der Waals surface area contributed by atoms with Crippen molar-refractivity contribution in [1.82, 2.24) is 5.32 Å². The number of nitrogens with one attached hydrogen (secondary N) is 1. The Labute approximate surface area is 164 Å². The summed E-state index contributed by atoms with van der Waals surface area (Å²) in [5, 5.41) is 2.81. The van der Waals surface area contributed by atoms with Crippen LogP contribution in [0.4, 0.5) is 4.39 Å². The molecule has 0 fully saturated rings. The van der Waals surface area contributed by atoms with E-state index in [1.807, 2.05) is 13.0 Å². The first-order chi connectivity index (χ1) is 13.5. The highest BCUT2D eigenvalue weighted by atomic mass is 19.1. The first-order valence-corrected chi connectivity index (χ1v) is 9.34. The average Bonchev–Trinajstić information content (AvgIpc) is 2.71. The van der Waals surface area contributed by atoms with E-state index >= 15 is 0 Å². The molecule has 2 rings (SSSR count). The van der Waals surface area contributed by atoms with Gasteiger partial charge in [0.05, 0.1) is 25.2 Å². The molecule has 0 aromatic heterocycles. The van der Waals surface area contributed by atoms with E-state index in [9.17, 15) is 14.0 Å². The molecule has 0 aliphatic carbocycles. The Kier molecular flexibility index (Phi) is 7.99. The van der Waals surface area contributed by atoms with Crippen LogP contribution < -0.4 is 10.1 Å². The van der Waals surface area contributed by atoms with Crippen molar-refractivity contribution in [3.8, 4) is 5.75 Å². The highest BCUT2D eigenvalue weighted by molar-refractivity contribution is 5.97. The van der Waals surface area contributed by atoms with Gasteiger partial charge in [-0.2, -0.15) is 0 Å². The Morgan fingerprint density at radius 3 is 2.36 bits per heavy atom. The van der Waals surface area contributed by atoms with Gasteiger partial charge < -0.3 is 14.8 Å². The number of amides is 1. The zero-order valence-corrected chi connectivity index (χ0v) is 16.5. The topological polar surface area (TPSA) is 64.6 Å². The molecule has 0 saturated carbocycles. The minimum atomic E-state index is -0.323. The predicted octanol–water partition coefficient (Wildman–Crippen LogP) is 3.90. The molecule has 0 aliphatic heterocycles. The number of carbonyl (C=O) groups is 2. The first-order valence-electron chi connectivity index (χ1n) is 9.34. The molecule has 0 saturated heterocycles. The van der Waals surface area contributed by atoms with Crippen LogP contribution in [0.5, 0.6) is 5.75 Å². The van der Waals surface area contributed by atoms with Crippen LogP contribution in [0.3, 0.4) is 0 Å². The summed E-state index contributed by atoms with van der Waals surface area (Å²) in [6.07, 6.45) is 1.13. The van der Waals surface area contributed by atoms with Gasteiger partial charge in [-0.15, -0.1) is 0 Å². The van der Waals surface area contributed by atoms with Gasteiger partial charge in [0.1, 0.15) is 11.6 Å². The number of methoxy groups -OCH3 is 1. The van der Waals surface area contributed by atoms with Crippen molar-refractivity contribution < 1.29 is 23.5 Å². The van der Waals surface area contributed by atoms with Crippen LogP contribution in [-0.2, 0) is 22.5 Å². The lowest BCUT2D eigenvalue weighted by molar-refractivity contribution is -0.148. The summed E-state index contributed by atoms with van der Waals surface area (Å²) in [7, 11) is 1.50. The van der Waals surface area contributed by atoms with Gasteiger partial charge in [-0.25, -0.2) is 4.39 Å². The second-order valence-electron chi connectivity index (χ2n) is 6.41. The fourth-order valence-corrected chi connectivity index (χ4v) is 2.88.